The molecule has 2 fully saturated rings. The number of hydrogen-bond acceptors (Lipinski definition) is 3. The molecule has 4 rings (SSSR count). The molecule has 5 nitrogen and oxygen atoms in total. The molecule has 0 saturated carbocycles. The number of carbonyl (C=O) groups excluding carboxylic acids is 2. The van der Waals surface area contributed by atoms with Crippen LogP contribution in [0.15, 0.2) is 54.6 Å². The fraction of sp³-hybridized carbons (Fsp3) is 0.462. The first-order valence-electron chi connectivity index (χ1n) is 11.5. The predicted octanol–water partition coefficient (Wildman–Crippen LogP) is 3.99. The van der Waals surface area contributed by atoms with E-state index >= 15 is 0 Å². The van der Waals surface area contributed by atoms with Crippen molar-refractivity contribution in [3.8, 4) is 5.75 Å². The maximum Gasteiger partial charge on any atom is 0.245 e. The Morgan fingerprint density at radius 3 is 2.42 bits per heavy atom. The van der Waals surface area contributed by atoms with Crippen LogP contribution in [0.1, 0.15) is 43.2 Å². The second-order valence-electron chi connectivity index (χ2n) is 8.72. The first-order valence-corrected chi connectivity index (χ1v) is 11.5. The van der Waals surface area contributed by atoms with Crippen molar-refractivity contribution in [2.75, 3.05) is 19.6 Å². The monoisotopic (exact) mass is 420 g/mol. The Bertz CT molecular complexity index is 875. The molecule has 2 aliphatic rings. The highest BCUT2D eigenvalue weighted by atomic mass is 16.5. The summed E-state index contributed by atoms with van der Waals surface area (Å²) < 4.78 is 6.16. The van der Waals surface area contributed by atoms with Crippen LogP contribution in [0.3, 0.4) is 0 Å². The van der Waals surface area contributed by atoms with Crippen molar-refractivity contribution >= 4 is 11.8 Å². The van der Waals surface area contributed by atoms with Crippen LogP contribution in [-0.2, 0) is 16.0 Å². The van der Waals surface area contributed by atoms with Gasteiger partial charge in [0.2, 0.25) is 11.8 Å². The molecule has 2 aromatic rings. The Balaban J connectivity index is 1.40. The average molecular weight is 421 g/mol. The summed E-state index contributed by atoms with van der Waals surface area (Å²) in [5, 5.41) is 0. The van der Waals surface area contributed by atoms with Crippen LogP contribution < -0.4 is 4.74 Å². The van der Waals surface area contributed by atoms with Crippen LogP contribution in [0.2, 0.25) is 0 Å². The van der Waals surface area contributed by atoms with Crippen molar-refractivity contribution in [3.05, 3.63) is 65.7 Å². The fourth-order valence-corrected chi connectivity index (χ4v) is 4.58. The van der Waals surface area contributed by atoms with Crippen LogP contribution in [0.25, 0.3) is 0 Å². The number of hydrogen-bond donors (Lipinski definition) is 0. The fourth-order valence-electron chi connectivity index (χ4n) is 4.58. The quantitative estimate of drug-likeness (QED) is 0.681. The van der Waals surface area contributed by atoms with Gasteiger partial charge >= 0.3 is 0 Å². The van der Waals surface area contributed by atoms with E-state index in [0.29, 0.717) is 19.4 Å². The van der Waals surface area contributed by atoms with Gasteiger partial charge in [0, 0.05) is 25.9 Å². The minimum atomic E-state index is -0.405. The number of nitrogens with zero attached hydrogens (tertiary/aromatic N) is 2. The Morgan fingerprint density at radius 2 is 1.71 bits per heavy atom. The van der Waals surface area contributed by atoms with Crippen LogP contribution in [-0.4, -0.2) is 53.4 Å². The van der Waals surface area contributed by atoms with Gasteiger partial charge in [-0.1, -0.05) is 48.0 Å². The molecule has 2 atom stereocenters. The van der Waals surface area contributed by atoms with Crippen LogP contribution in [0.5, 0.6) is 5.75 Å². The Labute approximate surface area is 185 Å². The molecular weight excluding hydrogens is 388 g/mol. The predicted molar refractivity (Wildman–Crippen MR) is 121 cm³/mol. The van der Waals surface area contributed by atoms with Crippen molar-refractivity contribution in [1.82, 2.24) is 9.80 Å². The van der Waals surface area contributed by atoms with Gasteiger partial charge < -0.3 is 14.5 Å². The highest BCUT2D eigenvalue weighted by Gasteiger charge is 2.42. The van der Waals surface area contributed by atoms with Crippen LogP contribution >= 0.6 is 0 Å². The topological polar surface area (TPSA) is 49.9 Å². The summed E-state index contributed by atoms with van der Waals surface area (Å²) in [6.45, 7) is 4.12. The van der Waals surface area contributed by atoms with E-state index in [4.69, 9.17) is 4.74 Å². The summed E-state index contributed by atoms with van der Waals surface area (Å²) in [4.78, 5) is 30.0. The summed E-state index contributed by atoms with van der Waals surface area (Å²) in [6.07, 6.45) is 4.61. The first kappa shape index (κ1) is 21.4. The molecule has 0 bridgehead atoms. The van der Waals surface area contributed by atoms with Gasteiger partial charge in [-0.2, -0.15) is 0 Å². The number of carbonyl (C=O) groups is 2. The molecule has 31 heavy (non-hydrogen) atoms. The van der Waals surface area contributed by atoms with Crippen molar-refractivity contribution in [2.24, 2.45) is 0 Å². The molecule has 2 amide bonds. The van der Waals surface area contributed by atoms with Crippen molar-refractivity contribution in [1.29, 1.82) is 0 Å². The van der Waals surface area contributed by atoms with E-state index in [9.17, 15) is 9.59 Å². The summed E-state index contributed by atoms with van der Waals surface area (Å²) in [6, 6.07) is 17.8. The highest BCUT2D eigenvalue weighted by Crippen LogP contribution is 2.27. The van der Waals surface area contributed by atoms with E-state index in [1.54, 1.807) is 4.90 Å². The molecule has 2 aromatic carbocycles. The molecule has 0 unspecified atom stereocenters. The minimum Gasteiger partial charge on any atom is -0.488 e. The van der Waals surface area contributed by atoms with Crippen molar-refractivity contribution < 1.29 is 14.3 Å². The van der Waals surface area contributed by atoms with Gasteiger partial charge in [-0.15, -0.1) is 0 Å². The van der Waals surface area contributed by atoms with Gasteiger partial charge in [0.25, 0.3) is 0 Å². The molecular formula is C26H32N2O3. The molecule has 5 heteroatoms. The van der Waals surface area contributed by atoms with E-state index in [1.807, 2.05) is 54.3 Å². The minimum absolute atomic E-state index is 0.0588. The van der Waals surface area contributed by atoms with Gasteiger partial charge in [-0.05, 0) is 50.3 Å². The van der Waals surface area contributed by atoms with Gasteiger partial charge in [0.1, 0.15) is 17.9 Å². The number of benzene rings is 2. The highest BCUT2D eigenvalue weighted by molar-refractivity contribution is 5.88. The third-order valence-electron chi connectivity index (χ3n) is 6.31. The number of amides is 2. The lowest BCUT2D eigenvalue weighted by Crippen LogP contribution is -2.46. The molecule has 0 aromatic heterocycles. The van der Waals surface area contributed by atoms with Crippen LogP contribution in [0.4, 0.5) is 0 Å². The van der Waals surface area contributed by atoms with E-state index in [2.05, 4.69) is 12.1 Å². The molecule has 2 aliphatic heterocycles. The van der Waals surface area contributed by atoms with E-state index in [-0.39, 0.29) is 17.9 Å². The summed E-state index contributed by atoms with van der Waals surface area (Å²) in [7, 11) is 0. The summed E-state index contributed by atoms with van der Waals surface area (Å²) in [5.74, 6) is 0.939. The summed E-state index contributed by atoms with van der Waals surface area (Å²) >= 11 is 0. The number of rotatable bonds is 7. The van der Waals surface area contributed by atoms with E-state index in [1.165, 1.54) is 11.1 Å². The van der Waals surface area contributed by atoms with E-state index in [0.717, 1.165) is 44.5 Å². The Kier molecular flexibility index (Phi) is 6.90. The van der Waals surface area contributed by atoms with Crippen molar-refractivity contribution in [3.63, 3.8) is 0 Å². The molecule has 2 heterocycles. The van der Waals surface area contributed by atoms with Gasteiger partial charge in [-0.3, -0.25) is 9.59 Å². The smallest absolute Gasteiger partial charge is 0.245 e. The third-order valence-corrected chi connectivity index (χ3v) is 6.31. The van der Waals surface area contributed by atoms with Gasteiger partial charge in [0.15, 0.2) is 0 Å². The zero-order valence-electron chi connectivity index (χ0n) is 18.3. The maximum absolute atomic E-state index is 13.2. The normalized spacial score (nSPS) is 20.8. The first-order chi connectivity index (χ1) is 15.1. The number of likely N-dealkylation sites (tertiary alicyclic amines) is 2. The largest absolute Gasteiger partial charge is 0.488 e. The standard InChI is InChI=1S/C26H32N2O3/c1-20-12-14-22(15-13-20)31-23-18-24(26(30)27-16-5-6-17-27)28(19-23)25(29)11-7-10-21-8-3-2-4-9-21/h2-4,8-9,12-15,23-24H,5-7,10-11,16-19H2,1H3/t23-,24-/m0/s1. The lowest BCUT2D eigenvalue weighted by Gasteiger charge is -2.27. The second kappa shape index (κ2) is 9.99. The SMILES string of the molecule is Cc1ccc(O[C@H]2C[C@@H](C(=O)N3CCCC3)N(C(=O)CCCc3ccccc3)C2)cc1. The zero-order valence-corrected chi connectivity index (χ0v) is 18.3. The van der Waals surface area contributed by atoms with Crippen LogP contribution in [0, 0.1) is 6.92 Å². The number of ether oxygens (including phenoxy) is 1. The molecule has 0 N–H and O–H groups in total. The average Bonchev–Trinajstić information content (AvgIpc) is 3.46. The molecule has 164 valence electrons. The Hall–Kier alpha value is -2.82. The van der Waals surface area contributed by atoms with Gasteiger partial charge in [0.05, 0.1) is 6.54 Å². The molecule has 0 radical (unpaired) electrons. The Morgan fingerprint density at radius 1 is 1.00 bits per heavy atom. The second-order valence-corrected chi connectivity index (χ2v) is 8.72. The molecule has 2 saturated heterocycles. The van der Waals surface area contributed by atoms with Gasteiger partial charge in [-0.25, -0.2) is 0 Å². The lowest BCUT2D eigenvalue weighted by molar-refractivity contribution is -0.143. The number of aryl methyl sites for hydroxylation is 2. The maximum atomic E-state index is 13.2. The zero-order chi connectivity index (χ0) is 21.6. The molecule has 0 aliphatic carbocycles. The summed E-state index contributed by atoms with van der Waals surface area (Å²) in [5.41, 5.74) is 2.41. The lowest BCUT2D eigenvalue weighted by atomic mass is 10.1. The van der Waals surface area contributed by atoms with Crippen molar-refractivity contribution in [2.45, 2.75) is 57.6 Å². The third kappa shape index (κ3) is 5.46. The van der Waals surface area contributed by atoms with E-state index < -0.39 is 6.04 Å². The molecule has 0 spiro atoms.